The molecule has 2 rings (SSSR count). The second-order valence-corrected chi connectivity index (χ2v) is 6.58. The maximum absolute atomic E-state index is 12.7. The summed E-state index contributed by atoms with van der Waals surface area (Å²) in [5.41, 5.74) is 0.854. The number of nitrogens with one attached hydrogen (secondary N) is 1. The molecule has 0 aromatic heterocycles. The number of fused-ring (bicyclic) bond motifs is 1. The predicted octanol–water partition coefficient (Wildman–Crippen LogP) is 1.59. The first-order chi connectivity index (χ1) is 11.7. The lowest BCUT2D eigenvalue weighted by molar-refractivity contribution is -0.129. The van der Waals surface area contributed by atoms with Gasteiger partial charge in [-0.2, -0.15) is 0 Å². The Bertz CT molecular complexity index is 689. The molecule has 0 saturated heterocycles. The van der Waals surface area contributed by atoms with Crippen molar-refractivity contribution >= 4 is 23.4 Å². The van der Waals surface area contributed by atoms with Crippen molar-refractivity contribution in [3.05, 3.63) is 23.8 Å². The van der Waals surface area contributed by atoms with Crippen LogP contribution in [0.5, 0.6) is 5.75 Å². The van der Waals surface area contributed by atoms with E-state index in [9.17, 15) is 14.4 Å². The third-order valence-electron chi connectivity index (χ3n) is 4.36. The highest BCUT2D eigenvalue weighted by Crippen LogP contribution is 2.34. The Kier molecular flexibility index (Phi) is 5.66. The average Bonchev–Trinajstić information content (AvgIpc) is 2.53. The van der Waals surface area contributed by atoms with Gasteiger partial charge in [0.2, 0.25) is 11.8 Å². The smallest absolute Gasteiger partial charge is 0.257 e. The number of nitrogens with zero attached hydrogens (tertiary/aromatic N) is 2. The Balaban J connectivity index is 2.46. The van der Waals surface area contributed by atoms with Crippen molar-refractivity contribution in [2.45, 2.75) is 26.9 Å². The van der Waals surface area contributed by atoms with E-state index in [2.05, 4.69) is 5.32 Å². The van der Waals surface area contributed by atoms with Crippen LogP contribution < -0.4 is 10.1 Å². The summed E-state index contributed by atoms with van der Waals surface area (Å²) in [4.78, 5) is 39.0. The fourth-order valence-electron chi connectivity index (χ4n) is 2.84. The molecule has 1 aliphatic heterocycles. The maximum atomic E-state index is 12.7. The summed E-state index contributed by atoms with van der Waals surface area (Å²) < 4.78 is 6.16. The zero-order valence-electron chi connectivity index (χ0n) is 15.3. The van der Waals surface area contributed by atoms with Gasteiger partial charge in [0.25, 0.3) is 5.91 Å². The van der Waals surface area contributed by atoms with E-state index in [4.69, 9.17) is 4.74 Å². The summed E-state index contributed by atoms with van der Waals surface area (Å²) >= 11 is 0. The molecule has 7 nitrogen and oxygen atoms in total. The number of hydrogen-bond donors (Lipinski definition) is 1. The molecular weight excluding hydrogens is 322 g/mol. The van der Waals surface area contributed by atoms with E-state index >= 15 is 0 Å². The van der Waals surface area contributed by atoms with Crippen molar-refractivity contribution in [2.75, 3.05) is 32.5 Å². The molecule has 25 heavy (non-hydrogen) atoms. The monoisotopic (exact) mass is 347 g/mol. The van der Waals surface area contributed by atoms with Gasteiger partial charge in [0.05, 0.1) is 17.8 Å². The number of amides is 3. The molecule has 0 unspecified atom stereocenters. The Morgan fingerprint density at radius 3 is 2.64 bits per heavy atom. The molecule has 1 aromatic carbocycles. The molecule has 2 atom stereocenters. The van der Waals surface area contributed by atoms with Crippen LogP contribution in [0.25, 0.3) is 0 Å². The van der Waals surface area contributed by atoms with Gasteiger partial charge in [0.1, 0.15) is 6.10 Å². The lowest BCUT2D eigenvalue weighted by Crippen LogP contribution is -2.46. The van der Waals surface area contributed by atoms with Gasteiger partial charge in [0.15, 0.2) is 5.75 Å². The summed E-state index contributed by atoms with van der Waals surface area (Å²) in [6, 6.07) is 5.09. The molecule has 3 amide bonds. The van der Waals surface area contributed by atoms with Gasteiger partial charge in [-0.25, -0.2) is 0 Å². The van der Waals surface area contributed by atoms with Gasteiger partial charge >= 0.3 is 0 Å². The standard InChI is InChI=1S/C18H25N3O4/c1-11-9-21(5)18(24)14-7-6-8-15(19-12(2)22)17(14)25-16(11)10-20(4)13(3)23/h6-8,11,16H,9-10H2,1-5H3,(H,19,22)/t11-,16-/m1/s1. The second-order valence-electron chi connectivity index (χ2n) is 6.58. The van der Waals surface area contributed by atoms with E-state index in [0.29, 0.717) is 30.1 Å². The highest BCUT2D eigenvalue weighted by atomic mass is 16.5. The Hall–Kier alpha value is -2.57. The number of anilines is 1. The quantitative estimate of drug-likeness (QED) is 0.901. The van der Waals surface area contributed by atoms with Crippen LogP contribution in [-0.2, 0) is 9.59 Å². The topological polar surface area (TPSA) is 79.0 Å². The Morgan fingerprint density at radius 1 is 1.36 bits per heavy atom. The minimum Gasteiger partial charge on any atom is -0.485 e. The molecule has 7 heteroatoms. The molecule has 0 spiro atoms. The Morgan fingerprint density at radius 2 is 2.04 bits per heavy atom. The van der Waals surface area contributed by atoms with E-state index < -0.39 is 0 Å². The third kappa shape index (κ3) is 4.29. The SMILES string of the molecule is CC(=O)Nc1cccc2c1O[C@H](CN(C)C(C)=O)[C@H](C)CN(C)C2=O. The van der Waals surface area contributed by atoms with Crippen LogP contribution in [0.1, 0.15) is 31.1 Å². The molecule has 0 fully saturated rings. The number of hydrogen-bond acceptors (Lipinski definition) is 4. The minimum atomic E-state index is -0.307. The summed E-state index contributed by atoms with van der Waals surface area (Å²) in [7, 11) is 3.46. The molecular formula is C18H25N3O4. The molecule has 1 aromatic rings. The first-order valence-corrected chi connectivity index (χ1v) is 8.25. The number of rotatable bonds is 3. The van der Waals surface area contributed by atoms with E-state index in [-0.39, 0.29) is 29.7 Å². The van der Waals surface area contributed by atoms with Crippen LogP contribution in [0.15, 0.2) is 18.2 Å². The third-order valence-corrected chi connectivity index (χ3v) is 4.36. The first-order valence-electron chi connectivity index (χ1n) is 8.25. The van der Waals surface area contributed by atoms with Crippen LogP contribution in [-0.4, -0.2) is 60.8 Å². The van der Waals surface area contributed by atoms with Crippen LogP contribution in [0.3, 0.4) is 0 Å². The van der Waals surface area contributed by atoms with Crippen LogP contribution in [0.4, 0.5) is 5.69 Å². The van der Waals surface area contributed by atoms with Crippen LogP contribution in [0, 0.1) is 5.92 Å². The second kappa shape index (κ2) is 7.55. The lowest BCUT2D eigenvalue weighted by atomic mass is 10.0. The van der Waals surface area contributed by atoms with Crippen molar-refractivity contribution in [1.29, 1.82) is 0 Å². The number of para-hydroxylation sites is 1. The largest absolute Gasteiger partial charge is 0.485 e. The Labute approximate surface area is 147 Å². The summed E-state index contributed by atoms with van der Waals surface area (Å²) in [5, 5.41) is 2.71. The summed E-state index contributed by atoms with van der Waals surface area (Å²) in [6.45, 7) is 5.79. The number of carbonyl (C=O) groups excluding carboxylic acids is 3. The van der Waals surface area contributed by atoms with Crippen molar-refractivity contribution in [3.8, 4) is 5.75 Å². The molecule has 1 aliphatic rings. The van der Waals surface area contributed by atoms with E-state index in [1.807, 2.05) is 6.92 Å². The fourth-order valence-corrected chi connectivity index (χ4v) is 2.84. The number of likely N-dealkylation sites (N-methyl/N-ethyl adjacent to an activating group) is 1. The van der Waals surface area contributed by atoms with Crippen molar-refractivity contribution in [2.24, 2.45) is 5.92 Å². The summed E-state index contributed by atoms with van der Waals surface area (Å²) in [6.07, 6.45) is -0.307. The maximum Gasteiger partial charge on any atom is 0.257 e. The van der Waals surface area contributed by atoms with Gasteiger partial charge < -0.3 is 19.9 Å². The van der Waals surface area contributed by atoms with E-state index in [1.54, 1.807) is 42.1 Å². The normalized spacial score (nSPS) is 20.0. The van der Waals surface area contributed by atoms with Gasteiger partial charge in [-0.1, -0.05) is 13.0 Å². The van der Waals surface area contributed by atoms with Crippen LogP contribution >= 0.6 is 0 Å². The fraction of sp³-hybridized carbons (Fsp3) is 0.500. The van der Waals surface area contributed by atoms with Crippen molar-refractivity contribution < 1.29 is 19.1 Å². The van der Waals surface area contributed by atoms with Gasteiger partial charge in [-0.15, -0.1) is 0 Å². The molecule has 136 valence electrons. The molecule has 0 saturated carbocycles. The minimum absolute atomic E-state index is 0.00860. The molecule has 0 bridgehead atoms. The molecule has 1 N–H and O–H groups in total. The van der Waals surface area contributed by atoms with Crippen molar-refractivity contribution in [3.63, 3.8) is 0 Å². The average molecular weight is 347 g/mol. The molecule has 1 heterocycles. The van der Waals surface area contributed by atoms with E-state index in [0.717, 1.165) is 0 Å². The van der Waals surface area contributed by atoms with Gasteiger partial charge in [0, 0.05) is 40.4 Å². The summed E-state index contributed by atoms with van der Waals surface area (Å²) in [5.74, 6) is -0.104. The zero-order chi connectivity index (χ0) is 18.7. The van der Waals surface area contributed by atoms with E-state index in [1.165, 1.54) is 13.8 Å². The number of benzene rings is 1. The zero-order valence-corrected chi connectivity index (χ0v) is 15.3. The van der Waals surface area contributed by atoms with Gasteiger partial charge in [-0.3, -0.25) is 14.4 Å². The number of carbonyl (C=O) groups is 3. The molecule has 0 aliphatic carbocycles. The first kappa shape index (κ1) is 18.8. The van der Waals surface area contributed by atoms with Crippen LogP contribution in [0.2, 0.25) is 0 Å². The highest BCUT2D eigenvalue weighted by molar-refractivity contribution is 6.01. The van der Waals surface area contributed by atoms with Crippen molar-refractivity contribution in [1.82, 2.24) is 9.80 Å². The molecule has 0 radical (unpaired) electrons. The number of ether oxygens (including phenoxy) is 1. The van der Waals surface area contributed by atoms with Gasteiger partial charge in [-0.05, 0) is 12.1 Å². The highest BCUT2D eigenvalue weighted by Gasteiger charge is 2.31. The lowest BCUT2D eigenvalue weighted by Gasteiger charge is -2.35. The predicted molar refractivity (Wildman–Crippen MR) is 94.6 cm³/mol.